The van der Waals surface area contributed by atoms with Gasteiger partial charge in [-0.1, -0.05) is 26.0 Å². The number of rotatable bonds is 1. The molecular weight excluding hydrogens is 210 g/mol. The molecule has 2 unspecified atom stereocenters. The Morgan fingerprint density at radius 2 is 2.24 bits per heavy atom. The quantitative estimate of drug-likeness (QED) is 0.634. The van der Waals surface area contributed by atoms with E-state index in [1.807, 2.05) is 19.3 Å². The third-order valence-corrected chi connectivity index (χ3v) is 3.05. The van der Waals surface area contributed by atoms with Crippen LogP contribution in [0.3, 0.4) is 0 Å². The van der Waals surface area contributed by atoms with Gasteiger partial charge in [0.25, 0.3) is 0 Å². The summed E-state index contributed by atoms with van der Waals surface area (Å²) in [7, 11) is 0. The minimum absolute atomic E-state index is 0.405. The van der Waals surface area contributed by atoms with Gasteiger partial charge in [0, 0.05) is 42.9 Å². The monoisotopic (exact) mass is 229 g/mol. The molecule has 0 radical (unpaired) electrons. The zero-order chi connectivity index (χ0) is 12.3. The predicted octanol–water partition coefficient (Wildman–Crippen LogP) is 3.34. The number of amidine groups is 1. The van der Waals surface area contributed by atoms with Gasteiger partial charge in [0.1, 0.15) is 5.84 Å². The molecular formula is C14H19N3. The molecule has 2 heterocycles. The van der Waals surface area contributed by atoms with E-state index in [4.69, 9.17) is 0 Å². The first-order chi connectivity index (χ1) is 8.22. The maximum absolute atomic E-state index is 4.47. The Morgan fingerprint density at radius 1 is 1.41 bits per heavy atom. The van der Waals surface area contributed by atoms with Gasteiger partial charge in [-0.15, -0.1) is 0 Å². The van der Waals surface area contributed by atoms with Crippen molar-refractivity contribution in [1.29, 1.82) is 0 Å². The molecule has 0 amide bonds. The second-order valence-corrected chi connectivity index (χ2v) is 4.53. The first-order valence-electron chi connectivity index (χ1n) is 6.11. The van der Waals surface area contributed by atoms with Gasteiger partial charge in [0.05, 0.1) is 0 Å². The molecule has 0 N–H and O–H groups in total. The van der Waals surface area contributed by atoms with E-state index >= 15 is 0 Å². The number of nitrogens with zero attached hydrogens (tertiary/aromatic N) is 3. The second-order valence-electron chi connectivity index (χ2n) is 4.53. The molecule has 2 rings (SSSR count). The predicted molar refractivity (Wildman–Crippen MR) is 72.7 cm³/mol. The summed E-state index contributed by atoms with van der Waals surface area (Å²) in [5.74, 6) is 2.07. The van der Waals surface area contributed by atoms with E-state index in [0.717, 1.165) is 12.3 Å². The average molecular weight is 229 g/mol. The molecule has 0 fully saturated rings. The summed E-state index contributed by atoms with van der Waals surface area (Å²) in [6.45, 7) is 6.32. The fourth-order valence-electron chi connectivity index (χ4n) is 2.03. The summed E-state index contributed by atoms with van der Waals surface area (Å²) < 4.78 is 0. The first kappa shape index (κ1) is 11.8. The van der Waals surface area contributed by atoms with Crippen LogP contribution in [0.5, 0.6) is 0 Å². The highest BCUT2D eigenvalue weighted by Gasteiger charge is 2.24. The number of hydrogen-bond acceptors (Lipinski definition) is 3. The van der Waals surface area contributed by atoms with E-state index in [9.17, 15) is 0 Å². The zero-order valence-electron chi connectivity index (χ0n) is 10.7. The summed E-state index contributed by atoms with van der Waals surface area (Å²) in [6, 6.07) is 0. The van der Waals surface area contributed by atoms with Gasteiger partial charge in [0.2, 0.25) is 0 Å². The van der Waals surface area contributed by atoms with Crippen molar-refractivity contribution < 1.29 is 0 Å². The van der Waals surface area contributed by atoms with Crippen LogP contribution >= 0.6 is 0 Å². The zero-order valence-corrected chi connectivity index (χ0v) is 10.7. The molecule has 0 aromatic rings. The van der Waals surface area contributed by atoms with Crippen LogP contribution in [-0.2, 0) is 0 Å². The third-order valence-electron chi connectivity index (χ3n) is 3.05. The summed E-state index contributed by atoms with van der Waals surface area (Å²) in [5.41, 5.74) is 1.20. The molecule has 3 heteroatoms. The van der Waals surface area contributed by atoms with Gasteiger partial charge in [-0.2, -0.15) is 0 Å². The minimum Gasteiger partial charge on any atom is -0.307 e. The van der Waals surface area contributed by atoms with Crippen LogP contribution in [-0.4, -0.2) is 17.0 Å². The van der Waals surface area contributed by atoms with Gasteiger partial charge in [0.15, 0.2) is 0 Å². The van der Waals surface area contributed by atoms with Crippen molar-refractivity contribution in [2.75, 3.05) is 0 Å². The van der Waals surface area contributed by atoms with Gasteiger partial charge >= 0.3 is 0 Å². The highest BCUT2D eigenvalue weighted by molar-refractivity contribution is 5.87. The van der Waals surface area contributed by atoms with E-state index in [2.05, 4.69) is 47.1 Å². The second kappa shape index (κ2) is 5.13. The lowest BCUT2D eigenvalue weighted by molar-refractivity contribution is 0.602. The Morgan fingerprint density at radius 3 is 2.94 bits per heavy atom. The lowest BCUT2D eigenvalue weighted by Gasteiger charge is -2.24. The molecule has 0 aromatic carbocycles. The first-order valence-corrected chi connectivity index (χ1v) is 6.11. The number of hydrogen-bond donors (Lipinski definition) is 0. The summed E-state index contributed by atoms with van der Waals surface area (Å²) in [5, 5.41) is 0. The Labute approximate surface area is 103 Å². The van der Waals surface area contributed by atoms with Gasteiger partial charge in [-0.25, -0.2) is 4.99 Å². The van der Waals surface area contributed by atoms with E-state index in [1.165, 1.54) is 5.70 Å². The van der Waals surface area contributed by atoms with Crippen LogP contribution in [0.4, 0.5) is 0 Å². The van der Waals surface area contributed by atoms with E-state index in [1.54, 1.807) is 6.21 Å². The Balaban J connectivity index is 2.23. The number of aliphatic imine (C=N–C) groups is 2. The van der Waals surface area contributed by atoms with Crippen molar-refractivity contribution in [2.45, 2.75) is 27.2 Å². The van der Waals surface area contributed by atoms with E-state index in [-0.39, 0.29) is 0 Å². The maximum Gasteiger partial charge on any atom is 0.113 e. The van der Waals surface area contributed by atoms with E-state index in [0.29, 0.717) is 11.8 Å². The molecule has 2 aliphatic rings. The standard InChI is InChI=1S/C14H19N3/c1-4-15-10-13-12(3)6-8-17(13)14-9-11(2)5-7-16-14/h4-8,10-12H,9H2,1-3H3/b13-10+,15-4?. The largest absolute Gasteiger partial charge is 0.307 e. The fraction of sp³-hybridized carbons (Fsp3) is 0.429. The van der Waals surface area contributed by atoms with Gasteiger partial charge in [-0.05, 0) is 12.8 Å². The van der Waals surface area contributed by atoms with Crippen LogP contribution in [0.15, 0.2) is 46.4 Å². The van der Waals surface area contributed by atoms with Gasteiger partial charge in [-0.3, -0.25) is 4.99 Å². The molecule has 17 heavy (non-hydrogen) atoms. The Bertz CT molecular complexity index is 427. The Kier molecular flexibility index (Phi) is 3.57. The molecule has 0 saturated heterocycles. The SMILES string of the molecule is CC=N/C=C1\C(C)C=CN1C1=NC=CC(C)C1. The molecule has 2 atom stereocenters. The molecule has 90 valence electrons. The maximum atomic E-state index is 4.47. The average Bonchev–Trinajstić information content (AvgIpc) is 2.68. The fourth-order valence-corrected chi connectivity index (χ4v) is 2.03. The molecule has 0 bridgehead atoms. The molecule has 0 spiro atoms. The van der Waals surface area contributed by atoms with Crippen molar-refractivity contribution in [3.05, 3.63) is 36.4 Å². The molecule has 0 saturated carbocycles. The van der Waals surface area contributed by atoms with Crippen molar-refractivity contribution in [2.24, 2.45) is 21.8 Å². The van der Waals surface area contributed by atoms with Crippen molar-refractivity contribution in [3.8, 4) is 0 Å². The number of allylic oxidation sites excluding steroid dienone is 2. The Hall–Kier alpha value is -1.64. The lowest BCUT2D eigenvalue weighted by atomic mass is 10.0. The van der Waals surface area contributed by atoms with E-state index < -0.39 is 0 Å². The summed E-state index contributed by atoms with van der Waals surface area (Å²) in [6.07, 6.45) is 13.1. The molecule has 3 nitrogen and oxygen atoms in total. The van der Waals surface area contributed by atoms with Gasteiger partial charge < -0.3 is 4.90 Å². The van der Waals surface area contributed by atoms with Crippen LogP contribution in [0.1, 0.15) is 27.2 Å². The molecule has 0 aliphatic carbocycles. The third kappa shape index (κ3) is 2.54. The van der Waals surface area contributed by atoms with Crippen LogP contribution < -0.4 is 0 Å². The van der Waals surface area contributed by atoms with Crippen LogP contribution in [0, 0.1) is 11.8 Å². The van der Waals surface area contributed by atoms with Crippen molar-refractivity contribution >= 4 is 12.1 Å². The molecule has 0 aromatic heterocycles. The van der Waals surface area contributed by atoms with Crippen molar-refractivity contribution in [1.82, 2.24) is 4.90 Å². The van der Waals surface area contributed by atoms with Crippen LogP contribution in [0.2, 0.25) is 0 Å². The lowest BCUT2D eigenvalue weighted by Crippen LogP contribution is -2.26. The van der Waals surface area contributed by atoms with Crippen LogP contribution in [0.25, 0.3) is 0 Å². The smallest absolute Gasteiger partial charge is 0.113 e. The highest BCUT2D eigenvalue weighted by atomic mass is 15.2. The summed E-state index contributed by atoms with van der Waals surface area (Å²) in [4.78, 5) is 10.9. The topological polar surface area (TPSA) is 28.0 Å². The van der Waals surface area contributed by atoms with Crippen molar-refractivity contribution in [3.63, 3.8) is 0 Å². The normalized spacial score (nSPS) is 30.6. The highest BCUT2D eigenvalue weighted by Crippen LogP contribution is 2.28. The molecule has 2 aliphatic heterocycles. The minimum atomic E-state index is 0.405. The summed E-state index contributed by atoms with van der Waals surface area (Å²) >= 11 is 0.